The smallest absolute Gasteiger partial charge is 0.123 e. The Morgan fingerprint density at radius 3 is 3.29 bits per heavy atom. The summed E-state index contributed by atoms with van der Waals surface area (Å²) in [5.41, 5.74) is 6.37. The highest BCUT2D eigenvalue weighted by Gasteiger charge is 2.15. The number of nitrogens with zero attached hydrogens (tertiary/aromatic N) is 1. The molecule has 1 aromatic heterocycles. The molecule has 2 heterocycles. The Hall–Kier alpha value is -1.13. The minimum absolute atomic E-state index is 0.294. The lowest BCUT2D eigenvalue weighted by Gasteiger charge is -2.12. The lowest BCUT2D eigenvalue weighted by Crippen LogP contribution is -2.19. The minimum atomic E-state index is 0.294. The van der Waals surface area contributed by atoms with Gasteiger partial charge in [-0.2, -0.15) is 0 Å². The van der Waals surface area contributed by atoms with Crippen LogP contribution < -0.4 is 15.8 Å². The number of hydrogen-bond acceptors (Lipinski definition) is 4. The quantitative estimate of drug-likeness (QED) is 0.724. The molecule has 0 bridgehead atoms. The summed E-state index contributed by atoms with van der Waals surface area (Å²) in [4.78, 5) is 4.11. The third-order valence-electron chi connectivity index (χ3n) is 2.32. The number of pyridine rings is 1. The lowest BCUT2D eigenvalue weighted by molar-refractivity contribution is 0.222. The zero-order chi connectivity index (χ0) is 9.80. The van der Waals surface area contributed by atoms with Gasteiger partial charge in [-0.3, -0.25) is 4.98 Å². The maximum absolute atomic E-state index is 5.76. The van der Waals surface area contributed by atoms with Crippen molar-refractivity contribution in [3.05, 3.63) is 24.0 Å². The van der Waals surface area contributed by atoms with E-state index >= 15 is 0 Å². The molecule has 4 nitrogen and oxygen atoms in total. The molecule has 1 aliphatic rings. The molecule has 4 heteroatoms. The second-order valence-electron chi connectivity index (χ2n) is 3.42. The molecule has 3 N–H and O–H groups in total. The van der Waals surface area contributed by atoms with Crippen molar-refractivity contribution in [1.29, 1.82) is 0 Å². The summed E-state index contributed by atoms with van der Waals surface area (Å²) in [6, 6.07) is 3.77. The Morgan fingerprint density at radius 2 is 2.57 bits per heavy atom. The predicted molar refractivity (Wildman–Crippen MR) is 54.0 cm³/mol. The molecule has 1 fully saturated rings. The maximum Gasteiger partial charge on any atom is 0.123 e. The third-order valence-corrected chi connectivity index (χ3v) is 2.32. The first-order valence-corrected chi connectivity index (χ1v) is 4.91. The SMILES string of the molecule is NCc1cc(OC2CCNC2)ccn1. The van der Waals surface area contributed by atoms with Crippen LogP contribution in [0, 0.1) is 0 Å². The average Bonchev–Trinajstić information content (AvgIpc) is 2.71. The molecule has 1 unspecified atom stereocenters. The van der Waals surface area contributed by atoms with Crippen LogP contribution >= 0.6 is 0 Å². The molecule has 76 valence electrons. The van der Waals surface area contributed by atoms with E-state index in [1.807, 2.05) is 12.1 Å². The lowest BCUT2D eigenvalue weighted by atomic mass is 10.3. The van der Waals surface area contributed by atoms with Crippen molar-refractivity contribution in [2.24, 2.45) is 5.73 Å². The van der Waals surface area contributed by atoms with Crippen LogP contribution in [0.25, 0.3) is 0 Å². The van der Waals surface area contributed by atoms with E-state index in [0.29, 0.717) is 12.6 Å². The fourth-order valence-corrected chi connectivity index (χ4v) is 1.56. The van der Waals surface area contributed by atoms with Crippen LogP contribution in [-0.2, 0) is 6.54 Å². The highest BCUT2D eigenvalue weighted by molar-refractivity contribution is 5.22. The number of nitrogens with one attached hydrogen (secondary N) is 1. The summed E-state index contributed by atoms with van der Waals surface area (Å²) >= 11 is 0. The van der Waals surface area contributed by atoms with Crippen LogP contribution in [0.15, 0.2) is 18.3 Å². The Morgan fingerprint density at radius 1 is 1.64 bits per heavy atom. The van der Waals surface area contributed by atoms with Gasteiger partial charge in [-0.1, -0.05) is 0 Å². The van der Waals surface area contributed by atoms with E-state index in [9.17, 15) is 0 Å². The normalized spacial score (nSPS) is 21.1. The highest BCUT2D eigenvalue weighted by atomic mass is 16.5. The van der Waals surface area contributed by atoms with E-state index in [2.05, 4.69) is 10.3 Å². The van der Waals surface area contributed by atoms with Crippen LogP contribution in [0.5, 0.6) is 5.75 Å². The molecule has 14 heavy (non-hydrogen) atoms. The Kier molecular flexibility index (Phi) is 2.96. The molecule has 1 saturated heterocycles. The van der Waals surface area contributed by atoms with E-state index in [-0.39, 0.29) is 0 Å². The first-order valence-electron chi connectivity index (χ1n) is 4.91. The number of ether oxygens (including phenoxy) is 1. The Balaban J connectivity index is 2.00. The molecule has 2 rings (SSSR count). The fraction of sp³-hybridized carbons (Fsp3) is 0.500. The van der Waals surface area contributed by atoms with Crippen LogP contribution in [0.3, 0.4) is 0 Å². The van der Waals surface area contributed by atoms with Crippen LogP contribution in [0.1, 0.15) is 12.1 Å². The van der Waals surface area contributed by atoms with Gasteiger partial charge >= 0.3 is 0 Å². The zero-order valence-electron chi connectivity index (χ0n) is 8.07. The zero-order valence-corrected chi connectivity index (χ0v) is 8.07. The largest absolute Gasteiger partial charge is 0.489 e. The molecule has 1 atom stereocenters. The van der Waals surface area contributed by atoms with Crippen molar-refractivity contribution in [3.8, 4) is 5.75 Å². The van der Waals surface area contributed by atoms with Gasteiger partial charge in [0.15, 0.2) is 0 Å². The van der Waals surface area contributed by atoms with E-state index in [1.165, 1.54) is 0 Å². The molecule has 0 radical (unpaired) electrons. The number of nitrogens with two attached hydrogens (primary N) is 1. The highest BCUT2D eigenvalue weighted by Crippen LogP contribution is 2.15. The standard InChI is InChI=1S/C10H15N3O/c11-6-8-5-9(2-4-13-8)14-10-1-3-12-7-10/h2,4-5,10,12H,1,3,6-7,11H2. The van der Waals surface area contributed by atoms with Gasteiger partial charge in [0.2, 0.25) is 0 Å². The van der Waals surface area contributed by atoms with E-state index < -0.39 is 0 Å². The third kappa shape index (κ3) is 2.21. The van der Waals surface area contributed by atoms with E-state index in [4.69, 9.17) is 10.5 Å². The van der Waals surface area contributed by atoms with Gasteiger partial charge in [0.25, 0.3) is 0 Å². The van der Waals surface area contributed by atoms with E-state index in [1.54, 1.807) is 6.20 Å². The monoisotopic (exact) mass is 193 g/mol. The summed E-state index contributed by atoms with van der Waals surface area (Å²) in [7, 11) is 0. The molecule has 1 aromatic rings. The van der Waals surface area contributed by atoms with Crippen molar-refractivity contribution in [3.63, 3.8) is 0 Å². The predicted octanol–water partition coefficient (Wildman–Crippen LogP) is 0.281. The first kappa shape index (κ1) is 9.43. The molecule has 0 spiro atoms. The molecule has 0 saturated carbocycles. The summed E-state index contributed by atoms with van der Waals surface area (Å²) in [5, 5.41) is 3.26. The fourth-order valence-electron chi connectivity index (χ4n) is 1.56. The van der Waals surface area contributed by atoms with Crippen molar-refractivity contribution >= 4 is 0 Å². The van der Waals surface area contributed by atoms with Crippen LogP contribution in [-0.4, -0.2) is 24.2 Å². The van der Waals surface area contributed by atoms with Crippen LogP contribution in [0.4, 0.5) is 0 Å². The molecule has 0 aromatic carbocycles. The average molecular weight is 193 g/mol. The topological polar surface area (TPSA) is 60.2 Å². The number of aromatic nitrogens is 1. The first-order chi connectivity index (χ1) is 6.88. The number of rotatable bonds is 3. The van der Waals surface area contributed by atoms with Crippen molar-refractivity contribution in [2.45, 2.75) is 19.1 Å². The molecule has 1 aliphatic heterocycles. The molecule has 0 aliphatic carbocycles. The van der Waals surface area contributed by atoms with Gasteiger partial charge in [0, 0.05) is 25.4 Å². The Labute approximate surface area is 83.5 Å². The van der Waals surface area contributed by atoms with E-state index in [0.717, 1.165) is 31.0 Å². The summed E-state index contributed by atoms with van der Waals surface area (Å²) in [6.07, 6.45) is 3.10. The maximum atomic E-state index is 5.76. The van der Waals surface area contributed by atoms with Crippen molar-refractivity contribution < 1.29 is 4.74 Å². The van der Waals surface area contributed by atoms with Crippen molar-refractivity contribution in [1.82, 2.24) is 10.3 Å². The second-order valence-corrected chi connectivity index (χ2v) is 3.42. The summed E-state index contributed by atoms with van der Waals surface area (Å²) in [6.45, 7) is 2.43. The molecule has 0 amide bonds. The second kappa shape index (κ2) is 4.39. The number of hydrogen-bond donors (Lipinski definition) is 2. The van der Waals surface area contributed by atoms with Gasteiger partial charge in [-0.15, -0.1) is 0 Å². The van der Waals surface area contributed by atoms with Crippen molar-refractivity contribution in [2.75, 3.05) is 13.1 Å². The van der Waals surface area contributed by atoms with Gasteiger partial charge in [0.1, 0.15) is 11.9 Å². The van der Waals surface area contributed by atoms with Gasteiger partial charge in [0.05, 0.1) is 5.69 Å². The minimum Gasteiger partial charge on any atom is -0.489 e. The van der Waals surface area contributed by atoms with Crippen LogP contribution in [0.2, 0.25) is 0 Å². The summed E-state index contributed by atoms with van der Waals surface area (Å²) < 4.78 is 5.76. The van der Waals surface area contributed by atoms with Gasteiger partial charge in [-0.25, -0.2) is 0 Å². The Bertz CT molecular complexity index is 297. The van der Waals surface area contributed by atoms with Gasteiger partial charge in [-0.05, 0) is 19.0 Å². The summed E-state index contributed by atoms with van der Waals surface area (Å²) in [5.74, 6) is 0.870. The molecular formula is C10H15N3O. The molecular weight excluding hydrogens is 178 g/mol. The van der Waals surface area contributed by atoms with Gasteiger partial charge < -0.3 is 15.8 Å².